The summed E-state index contributed by atoms with van der Waals surface area (Å²) in [6.07, 6.45) is 1.29. The summed E-state index contributed by atoms with van der Waals surface area (Å²) < 4.78 is 6.29. The van der Waals surface area contributed by atoms with Gasteiger partial charge in [0.15, 0.2) is 6.10 Å². The van der Waals surface area contributed by atoms with Crippen molar-refractivity contribution >= 4 is 27.9 Å². The molecule has 1 saturated heterocycles. The highest BCUT2D eigenvalue weighted by atomic mass is 79.9. The van der Waals surface area contributed by atoms with Crippen LogP contribution in [0.2, 0.25) is 0 Å². The van der Waals surface area contributed by atoms with Gasteiger partial charge >= 0.3 is 0 Å². The van der Waals surface area contributed by atoms with Gasteiger partial charge in [-0.15, -0.1) is 0 Å². The van der Waals surface area contributed by atoms with E-state index in [4.69, 9.17) is 4.74 Å². The van der Waals surface area contributed by atoms with Crippen molar-refractivity contribution in [1.29, 1.82) is 5.26 Å². The summed E-state index contributed by atoms with van der Waals surface area (Å²) >= 11 is 3.54. The van der Waals surface area contributed by atoms with Crippen molar-refractivity contribution < 1.29 is 9.53 Å². The van der Waals surface area contributed by atoms with Crippen LogP contribution in [0.5, 0.6) is 0 Å². The molecule has 4 nitrogen and oxygen atoms in total. The number of β-lactam (4-membered cyclic amide) rings is 1. The van der Waals surface area contributed by atoms with Gasteiger partial charge in [-0.05, 0) is 23.3 Å². The van der Waals surface area contributed by atoms with E-state index < -0.39 is 6.10 Å². The average molecular weight is 397 g/mol. The van der Waals surface area contributed by atoms with E-state index in [1.807, 2.05) is 60.7 Å². The summed E-state index contributed by atoms with van der Waals surface area (Å²) in [5.74, 6) is -0.0996. The zero-order valence-electron chi connectivity index (χ0n) is 13.7. The number of hydrogen-bond donors (Lipinski definition) is 0. The minimum atomic E-state index is -0.518. The lowest BCUT2D eigenvalue weighted by Crippen LogP contribution is -2.59. The molecule has 1 aliphatic heterocycles. The molecule has 2 aromatic rings. The topological polar surface area (TPSA) is 53.3 Å². The van der Waals surface area contributed by atoms with Crippen LogP contribution >= 0.6 is 15.9 Å². The molecule has 1 heterocycles. The summed E-state index contributed by atoms with van der Waals surface area (Å²) in [7, 11) is 1.54. The molecular formula is C20H17BrN2O2. The molecule has 3 rings (SSSR count). The Kier molecular flexibility index (Phi) is 5.32. The first-order valence-corrected chi connectivity index (χ1v) is 8.68. The van der Waals surface area contributed by atoms with Crippen molar-refractivity contribution in [3.8, 4) is 6.07 Å². The summed E-state index contributed by atoms with van der Waals surface area (Å²) in [6, 6.07) is 19.4. The third-order valence-electron chi connectivity index (χ3n) is 4.25. The monoisotopic (exact) mass is 396 g/mol. The second-order valence-corrected chi connectivity index (χ2v) is 6.64. The molecule has 2 aromatic carbocycles. The Balaban J connectivity index is 1.87. The van der Waals surface area contributed by atoms with Crippen molar-refractivity contribution in [2.24, 2.45) is 0 Å². The van der Waals surface area contributed by atoms with Gasteiger partial charge in [0, 0.05) is 17.2 Å². The molecule has 0 aromatic heterocycles. The number of ether oxygens (including phenoxy) is 1. The van der Waals surface area contributed by atoms with Gasteiger partial charge in [0.05, 0.1) is 18.7 Å². The fraction of sp³-hybridized carbons (Fsp3) is 0.200. The number of nitriles is 1. The highest BCUT2D eigenvalue weighted by Gasteiger charge is 2.49. The van der Waals surface area contributed by atoms with E-state index in [2.05, 4.69) is 22.0 Å². The molecule has 0 bridgehead atoms. The van der Waals surface area contributed by atoms with Gasteiger partial charge in [0.25, 0.3) is 5.91 Å². The number of rotatable bonds is 5. The third kappa shape index (κ3) is 3.51. The van der Waals surface area contributed by atoms with E-state index in [9.17, 15) is 10.1 Å². The van der Waals surface area contributed by atoms with Crippen molar-refractivity contribution in [2.45, 2.75) is 12.1 Å². The summed E-state index contributed by atoms with van der Waals surface area (Å²) in [6.45, 7) is 0.260. The number of halogens is 1. The molecule has 1 amide bonds. The molecule has 1 fully saturated rings. The van der Waals surface area contributed by atoms with E-state index in [1.54, 1.807) is 4.90 Å². The first-order chi connectivity index (χ1) is 12.2. The lowest BCUT2D eigenvalue weighted by molar-refractivity contribution is -0.170. The molecule has 0 N–H and O–H groups in total. The van der Waals surface area contributed by atoms with E-state index in [-0.39, 0.29) is 18.5 Å². The molecule has 1 aliphatic rings. The third-order valence-corrected chi connectivity index (χ3v) is 4.97. The smallest absolute Gasteiger partial charge is 0.255 e. The number of carbonyl (C=O) groups excluding carboxylic acids is 1. The van der Waals surface area contributed by atoms with Crippen LogP contribution in [0.3, 0.4) is 0 Å². The minimum Gasteiger partial charge on any atom is -0.369 e. The van der Waals surface area contributed by atoms with Gasteiger partial charge in [-0.1, -0.05) is 64.5 Å². The number of hydrogen-bond acceptors (Lipinski definition) is 3. The zero-order valence-corrected chi connectivity index (χ0v) is 15.3. The van der Waals surface area contributed by atoms with Gasteiger partial charge in [-0.25, -0.2) is 0 Å². The Bertz CT molecular complexity index is 842. The van der Waals surface area contributed by atoms with Crippen LogP contribution in [-0.2, 0) is 9.53 Å². The lowest BCUT2D eigenvalue weighted by Gasteiger charge is -2.46. The first-order valence-electron chi connectivity index (χ1n) is 7.89. The zero-order chi connectivity index (χ0) is 17.8. The molecule has 0 spiro atoms. The number of methoxy groups -OCH3 is 1. The quantitative estimate of drug-likeness (QED) is 0.567. The second-order valence-electron chi connectivity index (χ2n) is 5.78. The molecule has 0 radical (unpaired) electrons. The van der Waals surface area contributed by atoms with E-state index >= 15 is 0 Å². The van der Waals surface area contributed by atoms with Gasteiger partial charge < -0.3 is 9.64 Å². The molecule has 0 aliphatic carbocycles. The van der Waals surface area contributed by atoms with Crippen molar-refractivity contribution in [3.63, 3.8) is 0 Å². The van der Waals surface area contributed by atoms with Crippen molar-refractivity contribution in [3.05, 3.63) is 75.8 Å². The van der Waals surface area contributed by atoms with Crippen LogP contribution in [0.25, 0.3) is 6.08 Å². The maximum atomic E-state index is 12.4. The van der Waals surface area contributed by atoms with Crippen LogP contribution in [0.15, 0.2) is 64.6 Å². The van der Waals surface area contributed by atoms with E-state index in [0.717, 1.165) is 15.6 Å². The standard InChI is InChI=1S/C20H17BrN2O2/c1-25-19-18(16-9-5-6-10-17(16)21)23(20(19)24)13-15(12-22)11-14-7-3-2-4-8-14/h2-11,18-19H,13H2,1H3/b15-11+/t18-,19+/m1/s1. The van der Waals surface area contributed by atoms with Crippen molar-refractivity contribution in [1.82, 2.24) is 4.90 Å². The fourth-order valence-electron chi connectivity index (χ4n) is 3.02. The van der Waals surface area contributed by atoms with Crippen LogP contribution < -0.4 is 0 Å². The lowest BCUT2D eigenvalue weighted by atomic mass is 9.90. The number of amides is 1. The molecule has 0 unspecified atom stereocenters. The first kappa shape index (κ1) is 17.4. The molecule has 126 valence electrons. The Hall–Kier alpha value is -2.42. The van der Waals surface area contributed by atoms with Gasteiger partial charge in [-0.3, -0.25) is 4.79 Å². The summed E-state index contributed by atoms with van der Waals surface area (Å²) in [5.41, 5.74) is 2.45. The van der Waals surface area contributed by atoms with Crippen molar-refractivity contribution in [2.75, 3.05) is 13.7 Å². The van der Waals surface area contributed by atoms with Crippen LogP contribution in [0.4, 0.5) is 0 Å². The molecule has 25 heavy (non-hydrogen) atoms. The number of carbonyl (C=O) groups is 1. The van der Waals surface area contributed by atoms with E-state index in [1.165, 1.54) is 7.11 Å². The van der Waals surface area contributed by atoms with Gasteiger partial charge in [0.2, 0.25) is 0 Å². The highest BCUT2D eigenvalue weighted by Crippen LogP contribution is 2.40. The van der Waals surface area contributed by atoms with Gasteiger partial charge in [0.1, 0.15) is 0 Å². The Labute approximate surface area is 155 Å². The predicted octanol–water partition coefficient (Wildman–Crippen LogP) is 3.95. The van der Waals surface area contributed by atoms with Crippen LogP contribution in [0, 0.1) is 11.3 Å². The summed E-state index contributed by atoms with van der Waals surface area (Å²) in [4.78, 5) is 14.1. The normalized spacial score (nSPS) is 20.1. The number of benzene rings is 2. The van der Waals surface area contributed by atoms with Crippen LogP contribution in [0.1, 0.15) is 17.2 Å². The maximum Gasteiger partial charge on any atom is 0.255 e. The Morgan fingerprint density at radius 2 is 1.92 bits per heavy atom. The molecule has 5 heteroatoms. The van der Waals surface area contributed by atoms with E-state index in [0.29, 0.717) is 5.57 Å². The number of likely N-dealkylation sites (tertiary alicyclic amines) is 1. The largest absolute Gasteiger partial charge is 0.369 e. The fourth-order valence-corrected chi connectivity index (χ4v) is 3.54. The molecule has 0 saturated carbocycles. The van der Waals surface area contributed by atoms with Gasteiger partial charge in [-0.2, -0.15) is 5.26 Å². The maximum absolute atomic E-state index is 12.4. The molecule has 2 atom stereocenters. The minimum absolute atomic E-state index is 0.0996. The number of nitrogens with zero attached hydrogens (tertiary/aromatic N) is 2. The Morgan fingerprint density at radius 3 is 2.56 bits per heavy atom. The molecular weight excluding hydrogens is 380 g/mol. The highest BCUT2D eigenvalue weighted by molar-refractivity contribution is 9.10. The summed E-state index contributed by atoms with van der Waals surface area (Å²) in [5, 5.41) is 9.48. The average Bonchev–Trinajstić information content (AvgIpc) is 2.64. The SMILES string of the molecule is CO[C@@H]1C(=O)N(C/C(C#N)=C/c2ccccc2)[C@@H]1c1ccccc1Br. The second kappa shape index (κ2) is 7.64. The Morgan fingerprint density at radius 1 is 1.24 bits per heavy atom. The predicted molar refractivity (Wildman–Crippen MR) is 99.4 cm³/mol. The van der Waals surface area contributed by atoms with Crippen LogP contribution in [-0.4, -0.2) is 30.6 Å².